The predicted molar refractivity (Wildman–Crippen MR) is 219 cm³/mol. The van der Waals surface area contributed by atoms with Crippen molar-refractivity contribution in [3.05, 3.63) is 0 Å². The van der Waals surface area contributed by atoms with Crippen LogP contribution in [0.4, 0.5) is 0 Å². The number of ether oxygens (including phenoxy) is 3. The van der Waals surface area contributed by atoms with Crippen molar-refractivity contribution in [2.75, 3.05) is 26.4 Å². The minimum Gasteiger partial charge on any atom is -0.394 e. The van der Waals surface area contributed by atoms with E-state index in [1.165, 1.54) is 122 Å². The minimum atomic E-state index is -1.55. The zero-order valence-electron chi connectivity index (χ0n) is 34.7. The van der Waals surface area contributed by atoms with Gasteiger partial charge in [-0.05, 0) is 12.8 Å². The average molecular weight is 788 g/mol. The summed E-state index contributed by atoms with van der Waals surface area (Å²) in [6.45, 7) is 5.25. The highest BCUT2D eigenvalue weighted by Gasteiger charge is 2.46. The molecule has 0 bridgehead atoms. The molecule has 0 aliphatic carbocycles. The zero-order chi connectivity index (χ0) is 39.1. The monoisotopic (exact) mass is 788 g/mol. The van der Waals surface area contributed by atoms with Gasteiger partial charge in [-0.25, -0.2) is 0 Å². The van der Waals surface area contributed by atoms with E-state index in [9.17, 15) is 30.6 Å². The molecule has 0 aromatic heterocycles. The third kappa shape index (κ3) is 17.8. The fraction of sp³-hybridized carbons (Fsp3) is 1.00. The first-order valence-corrected chi connectivity index (χ1v) is 25.9. The number of hydrogen-bond donors (Lipinski definition) is 7. The molecule has 7 N–H and O–H groups in total. The molecule has 3 rings (SSSR count). The van der Waals surface area contributed by atoms with Crippen LogP contribution in [-0.4, -0.2) is 120 Å². The highest BCUT2D eigenvalue weighted by molar-refractivity contribution is 6.78. The molecule has 0 amide bonds. The first kappa shape index (κ1) is 48.2. The van der Waals surface area contributed by atoms with Gasteiger partial charge >= 0.3 is 0 Å². The fourth-order valence-corrected chi connectivity index (χ4v) is 13.1. The highest BCUT2D eigenvalue weighted by atomic mass is 28.3. The summed E-state index contributed by atoms with van der Waals surface area (Å²) >= 11 is 0. The Kier molecular flexibility index (Phi) is 24.5. The second-order valence-electron chi connectivity index (χ2n) is 18.0. The van der Waals surface area contributed by atoms with Gasteiger partial charge in [-0.3, -0.25) is 5.32 Å². The second-order valence-corrected chi connectivity index (χ2v) is 23.1. The van der Waals surface area contributed by atoms with Crippen LogP contribution in [-0.2, 0) is 14.2 Å². The standard InChI is InChI=1S/C43H85NO9Si/c1-3-4-5-6-7-8-9-10-11-14-17-21-26-36(46)38(47)35(32-52-42-41(50)40(49)39(48)37(31-45)53-42)44-43(33-51-34-43)27-22-18-15-12-13-16-19-23-28-54(2)29-24-20-25-30-54/h35-42,44-50H,3-34H2,1-2H3/t35-,36+,37?,38-,39?,40?,41?,42?/m0/s1. The van der Waals surface area contributed by atoms with Gasteiger partial charge in [0.15, 0.2) is 6.29 Å². The maximum atomic E-state index is 11.5. The molecular weight excluding hydrogens is 703 g/mol. The molecule has 320 valence electrons. The van der Waals surface area contributed by atoms with Crippen LogP contribution >= 0.6 is 0 Å². The van der Waals surface area contributed by atoms with Gasteiger partial charge in [-0.2, -0.15) is 0 Å². The van der Waals surface area contributed by atoms with Crippen LogP contribution in [0.1, 0.15) is 167 Å². The van der Waals surface area contributed by atoms with Gasteiger partial charge in [0.25, 0.3) is 0 Å². The molecule has 3 aliphatic heterocycles. The van der Waals surface area contributed by atoms with Gasteiger partial charge in [0, 0.05) is 0 Å². The number of hydrogen-bond acceptors (Lipinski definition) is 10. The van der Waals surface area contributed by atoms with Crippen molar-refractivity contribution in [3.63, 3.8) is 0 Å². The van der Waals surface area contributed by atoms with Crippen LogP contribution in [0.2, 0.25) is 24.7 Å². The Balaban J connectivity index is 1.41. The normalized spacial score (nSPS) is 27.0. The predicted octanol–water partition coefficient (Wildman–Crippen LogP) is 7.12. The summed E-state index contributed by atoms with van der Waals surface area (Å²) in [5, 5.41) is 66.9. The molecule has 10 nitrogen and oxygen atoms in total. The molecule has 0 spiro atoms. The smallest absolute Gasteiger partial charge is 0.186 e. The number of nitrogens with one attached hydrogen (secondary N) is 1. The fourth-order valence-electron chi connectivity index (χ4n) is 9.04. The zero-order valence-corrected chi connectivity index (χ0v) is 35.7. The molecule has 3 aliphatic rings. The maximum absolute atomic E-state index is 11.5. The summed E-state index contributed by atoms with van der Waals surface area (Å²) in [5.41, 5.74) is -0.348. The Hall–Kier alpha value is -0.183. The molecule has 5 unspecified atom stereocenters. The van der Waals surface area contributed by atoms with Crippen molar-refractivity contribution in [2.45, 2.75) is 247 Å². The highest BCUT2D eigenvalue weighted by Crippen LogP contribution is 2.33. The van der Waals surface area contributed by atoms with E-state index in [2.05, 4.69) is 18.8 Å². The van der Waals surface area contributed by atoms with E-state index in [1.54, 1.807) is 12.1 Å². The lowest BCUT2D eigenvalue weighted by Crippen LogP contribution is -2.67. The Bertz CT molecular complexity index is 921. The lowest BCUT2D eigenvalue weighted by Gasteiger charge is -2.46. The quantitative estimate of drug-likeness (QED) is 0.0276. The largest absolute Gasteiger partial charge is 0.394 e. The SMILES string of the molecule is CCCCCCCCCCCCCC[C@@H](O)[C@@H](O)[C@H](COC1OC(CO)C(O)C(O)C1O)NC1(CCCCCCCCCC[Si]2(C)CCCCC2)COC1. The van der Waals surface area contributed by atoms with Gasteiger partial charge in [0.05, 0.1) is 58.3 Å². The van der Waals surface area contributed by atoms with Crippen LogP contribution in [0.15, 0.2) is 0 Å². The van der Waals surface area contributed by atoms with Crippen molar-refractivity contribution < 1.29 is 44.8 Å². The van der Waals surface area contributed by atoms with E-state index in [-0.39, 0.29) is 12.1 Å². The van der Waals surface area contributed by atoms with Gasteiger partial charge in [0.2, 0.25) is 0 Å². The number of aliphatic hydroxyl groups excluding tert-OH is 6. The third-order valence-electron chi connectivity index (χ3n) is 12.9. The van der Waals surface area contributed by atoms with Crippen molar-refractivity contribution in [1.29, 1.82) is 0 Å². The first-order chi connectivity index (χ1) is 26.1. The molecule has 3 saturated heterocycles. The number of unbranched alkanes of at least 4 members (excludes halogenated alkanes) is 18. The topological polar surface area (TPSA) is 161 Å². The minimum absolute atomic E-state index is 0.108. The number of rotatable bonds is 32. The van der Waals surface area contributed by atoms with Gasteiger partial charge in [-0.1, -0.05) is 179 Å². The Morgan fingerprint density at radius 3 is 1.78 bits per heavy atom. The van der Waals surface area contributed by atoms with Gasteiger partial charge in [-0.15, -0.1) is 0 Å². The van der Waals surface area contributed by atoms with Crippen molar-refractivity contribution >= 4 is 8.07 Å². The molecular formula is C43H85NO9Si. The lowest BCUT2D eigenvalue weighted by atomic mass is 9.87. The van der Waals surface area contributed by atoms with Gasteiger partial charge in [0.1, 0.15) is 24.4 Å². The molecule has 8 atom stereocenters. The van der Waals surface area contributed by atoms with E-state index < -0.39 is 63.6 Å². The van der Waals surface area contributed by atoms with E-state index in [4.69, 9.17) is 14.2 Å². The maximum Gasteiger partial charge on any atom is 0.186 e. The average Bonchev–Trinajstić information content (AvgIpc) is 3.15. The summed E-state index contributed by atoms with van der Waals surface area (Å²) < 4.78 is 17.2. The Labute approximate surface area is 330 Å². The van der Waals surface area contributed by atoms with Crippen molar-refractivity contribution in [3.8, 4) is 0 Å². The Morgan fingerprint density at radius 2 is 1.24 bits per heavy atom. The van der Waals surface area contributed by atoms with E-state index >= 15 is 0 Å². The molecule has 3 heterocycles. The summed E-state index contributed by atoms with van der Waals surface area (Å²) in [6.07, 6.45) is 21.6. The molecule has 0 aromatic rings. The van der Waals surface area contributed by atoms with Crippen molar-refractivity contribution in [2.24, 2.45) is 0 Å². The lowest BCUT2D eigenvalue weighted by molar-refractivity contribution is -0.303. The molecule has 0 saturated carbocycles. The first-order valence-electron chi connectivity index (χ1n) is 22.8. The van der Waals surface area contributed by atoms with Crippen molar-refractivity contribution in [1.82, 2.24) is 5.32 Å². The summed E-state index contributed by atoms with van der Waals surface area (Å²) in [7, 11) is -0.909. The third-order valence-corrected chi connectivity index (χ3v) is 17.6. The molecule has 0 aromatic carbocycles. The number of aliphatic hydroxyl groups is 6. The van der Waals surface area contributed by atoms with Crippen LogP contribution in [0.5, 0.6) is 0 Å². The van der Waals surface area contributed by atoms with Crippen LogP contribution < -0.4 is 5.32 Å². The second kappa shape index (κ2) is 27.5. The van der Waals surface area contributed by atoms with E-state index in [1.807, 2.05) is 0 Å². The summed E-state index contributed by atoms with van der Waals surface area (Å²) in [6, 6.07) is 3.95. The van der Waals surface area contributed by atoms with E-state index in [0.717, 1.165) is 38.5 Å². The molecule has 54 heavy (non-hydrogen) atoms. The summed E-state index contributed by atoms with van der Waals surface area (Å²) in [4.78, 5) is 0. The van der Waals surface area contributed by atoms with Crippen LogP contribution in [0, 0.1) is 0 Å². The molecule has 3 fully saturated rings. The summed E-state index contributed by atoms with van der Waals surface area (Å²) in [5.74, 6) is 0. The molecule has 11 heteroatoms. The Morgan fingerprint density at radius 1 is 0.704 bits per heavy atom. The molecule has 0 radical (unpaired) electrons. The van der Waals surface area contributed by atoms with Crippen LogP contribution in [0.25, 0.3) is 0 Å². The van der Waals surface area contributed by atoms with Crippen LogP contribution in [0.3, 0.4) is 0 Å². The van der Waals surface area contributed by atoms with Gasteiger partial charge < -0.3 is 44.8 Å². The van der Waals surface area contributed by atoms with E-state index in [0.29, 0.717) is 19.6 Å².